The average molecular weight is 453 g/mol. The Hall–Kier alpha value is -1.85. The third kappa shape index (κ3) is 4.83. The number of nitrogens with zero attached hydrogens (tertiary/aromatic N) is 2. The zero-order chi connectivity index (χ0) is 21.2. The summed E-state index contributed by atoms with van der Waals surface area (Å²) in [6.45, 7) is 5.23. The van der Waals surface area contributed by atoms with Gasteiger partial charge in [0.2, 0.25) is 0 Å². The molecule has 1 saturated heterocycles. The zero-order valence-corrected chi connectivity index (χ0v) is 19.0. The van der Waals surface area contributed by atoms with Crippen molar-refractivity contribution in [3.05, 3.63) is 94.3 Å². The molecule has 3 aromatic carbocycles. The van der Waals surface area contributed by atoms with E-state index in [1.807, 2.05) is 30.0 Å². The molecular formula is C26H26ClFN2S. The van der Waals surface area contributed by atoms with E-state index in [0.717, 1.165) is 50.6 Å². The minimum absolute atomic E-state index is 0.166. The van der Waals surface area contributed by atoms with Crippen molar-refractivity contribution in [1.82, 2.24) is 9.80 Å². The summed E-state index contributed by atoms with van der Waals surface area (Å²) in [4.78, 5) is 7.83. The summed E-state index contributed by atoms with van der Waals surface area (Å²) in [6, 6.07) is 22.4. The Balaban J connectivity index is 1.29. The van der Waals surface area contributed by atoms with Crippen molar-refractivity contribution in [3.63, 3.8) is 0 Å². The molecule has 0 saturated carbocycles. The first kappa shape index (κ1) is 21.0. The van der Waals surface area contributed by atoms with Gasteiger partial charge in [0.05, 0.1) is 0 Å². The first-order valence-electron chi connectivity index (χ1n) is 10.9. The highest BCUT2D eigenvalue weighted by molar-refractivity contribution is 7.99. The summed E-state index contributed by atoms with van der Waals surface area (Å²) in [7, 11) is 0. The summed E-state index contributed by atoms with van der Waals surface area (Å²) in [6.07, 6.45) is 1.98. The fourth-order valence-electron chi connectivity index (χ4n) is 4.64. The van der Waals surface area contributed by atoms with Gasteiger partial charge in [-0.15, -0.1) is 0 Å². The minimum Gasteiger partial charge on any atom is -0.300 e. The Labute approximate surface area is 193 Å². The zero-order valence-electron chi connectivity index (χ0n) is 17.4. The van der Waals surface area contributed by atoms with Crippen LogP contribution in [-0.2, 0) is 12.8 Å². The average Bonchev–Trinajstić information content (AvgIpc) is 2.96. The Bertz CT molecular complexity index is 1050. The lowest BCUT2D eigenvalue weighted by Crippen LogP contribution is -2.48. The summed E-state index contributed by atoms with van der Waals surface area (Å²) in [5.74, 6) is -0.166. The van der Waals surface area contributed by atoms with E-state index in [-0.39, 0.29) is 5.82 Å². The number of hydrogen-bond donors (Lipinski definition) is 0. The van der Waals surface area contributed by atoms with Crippen LogP contribution in [0.25, 0.3) is 0 Å². The molecule has 0 amide bonds. The molecule has 2 heterocycles. The standard InChI is InChI=1S/C26H26ClFN2S/c27-21-7-10-26-23(18-21)24(17-20-3-1-2-4-25(20)31-26)30-15-13-29(14-16-30)12-11-19-5-8-22(28)9-6-19/h1-10,18,24H,11-17H2. The number of rotatable bonds is 4. The minimum atomic E-state index is -0.166. The van der Waals surface area contributed by atoms with Gasteiger partial charge in [0, 0.05) is 53.6 Å². The first-order valence-corrected chi connectivity index (χ1v) is 12.1. The van der Waals surface area contributed by atoms with Crippen LogP contribution in [0.5, 0.6) is 0 Å². The predicted octanol–water partition coefficient (Wildman–Crippen LogP) is 6.09. The molecule has 3 aromatic rings. The maximum absolute atomic E-state index is 13.1. The topological polar surface area (TPSA) is 6.48 Å². The number of benzene rings is 3. The quantitative estimate of drug-likeness (QED) is 0.473. The molecular weight excluding hydrogens is 427 g/mol. The molecule has 1 fully saturated rings. The fraction of sp³-hybridized carbons (Fsp3) is 0.308. The van der Waals surface area contributed by atoms with Gasteiger partial charge in [-0.1, -0.05) is 53.7 Å². The second-order valence-electron chi connectivity index (χ2n) is 8.37. The molecule has 0 bridgehead atoms. The van der Waals surface area contributed by atoms with Gasteiger partial charge in [0.25, 0.3) is 0 Å². The lowest BCUT2D eigenvalue weighted by molar-refractivity contribution is 0.0951. The molecule has 0 spiro atoms. The van der Waals surface area contributed by atoms with Crippen molar-refractivity contribution in [2.24, 2.45) is 0 Å². The molecule has 1 unspecified atom stereocenters. The molecule has 5 heteroatoms. The molecule has 160 valence electrons. The van der Waals surface area contributed by atoms with Crippen LogP contribution in [0.1, 0.15) is 22.7 Å². The molecule has 0 N–H and O–H groups in total. The molecule has 0 radical (unpaired) electrons. The first-order chi connectivity index (χ1) is 15.2. The number of piperazine rings is 1. The Morgan fingerprint density at radius 2 is 1.68 bits per heavy atom. The van der Waals surface area contributed by atoms with E-state index >= 15 is 0 Å². The lowest BCUT2D eigenvalue weighted by atomic mass is 9.96. The second kappa shape index (κ2) is 9.33. The van der Waals surface area contributed by atoms with Gasteiger partial charge in [-0.3, -0.25) is 4.90 Å². The lowest BCUT2D eigenvalue weighted by Gasteiger charge is -2.39. The molecule has 5 rings (SSSR count). The van der Waals surface area contributed by atoms with Crippen LogP contribution in [0.3, 0.4) is 0 Å². The number of halogens is 2. The molecule has 31 heavy (non-hydrogen) atoms. The van der Waals surface area contributed by atoms with E-state index in [9.17, 15) is 4.39 Å². The van der Waals surface area contributed by atoms with E-state index in [1.165, 1.54) is 26.5 Å². The van der Waals surface area contributed by atoms with Crippen LogP contribution in [0, 0.1) is 5.82 Å². The van der Waals surface area contributed by atoms with Gasteiger partial charge in [-0.05, 0) is 65.9 Å². The van der Waals surface area contributed by atoms with E-state index in [2.05, 4.69) is 46.2 Å². The summed E-state index contributed by atoms with van der Waals surface area (Å²) in [5.41, 5.74) is 3.97. The Kier molecular flexibility index (Phi) is 6.33. The Morgan fingerprint density at radius 3 is 2.48 bits per heavy atom. The van der Waals surface area contributed by atoms with Crippen LogP contribution in [0.4, 0.5) is 4.39 Å². The summed E-state index contributed by atoms with van der Waals surface area (Å²) >= 11 is 8.28. The molecule has 0 aliphatic carbocycles. The van der Waals surface area contributed by atoms with E-state index in [1.54, 1.807) is 12.1 Å². The molecule has 2 nitrogen and oxygen atoms in total. The van der Waals surface area contributed by atoms with Crippen molar-refractivity contribution >= 4 is 23.4 Å². The summed E-state index contributed by atoms with van der Waals surface area (Å²) in [5, 5.41) is 0.813. The predicted molar refractivity (Wildman–Crippen MR) is 127 cm³/mol. The van der Waals surface area contributed by atoms with Crippen molar-refractivity contribution in [3.8, 4) is 0 Å². The normalized spacial score (nSPS) is 19.5. The SMILES string of the molecule is Fc1ccc(CCN2CCN(C3Cc4ccccc4Sc4ccc(Cl)cc43)CC2)cc1. The molecule has 0 aromatic heterocycles. The van der Waals surface area contributed by atoms with E-state index in [4.69, 9.17) is 11.6 Å². The highest BCUT2D eigenvalue weighted by Crippen LogP contribution is 2.43. The van der Waals surface area contributed by atoms with Gasteiger partial charge in [-0.25, -0.2) is 4.39 Å². The second-order valence-corrected chi connectivity index (χ2v) is 9.89. The number of fused-ring (bicyclic) bond motifs is 2. The highest BCUT2D eigenvalue weighted by atomic mass is 35.5. The fourth-order valence-corrected chi connectivity index (χ4v) is 5.94. The van der Waals surface area contributed by atoms with Crippen molar-refractivity contribution in [2.45, 2.75) is 28.7 Å². The van der Waals surface area contributed by atoms with Crippen LogP contribution in [-0.4, -0.2) is 42.5 Å². The van der Waals surface area contributed by atoms with Crippen LogP contribution in [0.15, 0.2) is 76.5 Å². The smallest absolute Gasteiger partial charge is 0.123 e. The van der Waals surface area contributed by atoms with E-state index in [0.29, 0.717) is 6.04 Å². The van der Waals surface area contributed by atoms with E-state index < -0.39 is 0 Å². The monoisotopic (exact) mass is 452 g/mol. The highest BCUT2D eigenvalue weighted by Gasteiger charge is 2.30. The Morgan fingerprint density at radius 1 is 0.903 bits per heavy atom. The van der Waals surface area contributed by atoms with Gasteiger partial charge >= 0.3 is 0 Å². The maximum Gasteiger partial charge on any atom is 0.123 e. The maximum atomic E-state index is 13.1. The van der Waals surface area contributed by atoms with Gasteiger partial charge in [-0.2, -0.15) is 0 Å². The van der Waals surface area contributed by atoms with Crippen molar-refractivity contribution in [1.29, 1.82) is 0 Å². The van der Waals surface area contributed by atoms with Gasteiger partial charge in [0.15, 0.2) is 0 Å². The van der Waals surface area contributed by atoms with Crippen molar-refractivity contribution < 1.29 is 4.39 Å². The van der Waals surface area contributed by atoms with Gasteiger partial charge in [0.1, 0.15) is 5.82 Å². The van der Waals surface area contributed by atoms with Crippen LogP contribution >= 0.6 is 23.4 Å². The third-order valence-corrected chi connectivity index (χ3v) is 7.86. The van der Waals surface area contributed by atoms with Gasteiger partial charge < -0.3 is 4.90 Å². The molecule has 1 atom stereocenters. The molecule has 2 aliphatic rings. The largest absolute Gasteiger partial charge is 0.300 e. The van der Waals surface area contributed by atoms with Crippen molar-refractivity contribution in [2.75, 3.05) is 32.7 Å². The summed E-state index contributed by atoms with van der Waals surface area (Å²) < 4.78 is 13.1. The number of hydrogen-bond acceptors (Lipinski definition) is 3. The third-order valence-electron chi connectivity index (χ3n) is 6.41. The van der Waals surface area contributed by atoms with Crippen LogP contribution in [0.2, 0.25) is 5.02 Å². The van der Waals surface area contributed by atoms with Crippen LogP contribution < -0.4 is 0 Å². The molecule has 2 aliphatic heterocycles.